The summed E-state index contributed by atoms with van der Waals surface area (Å²) in [6.45, 7) is 6.91. The van der Waals surface area contributed by atoms with Crippen molar-refractivity contribution >= 4 is 13.3 Å². The van der Waals surface area contributed by atoms with Gasteiger partial charge in [0.15, 0.2) is 0 Å². The van der Waals surface area contributed by atoms with Crippen molar-refractivity contribution in [1.29, 1.82) is 0 Å². The molecule has 0 N–H and O–H groups in total. The summed E-state index contributed by atoms with van der Waals surface area (Å²) in [6.07, 6.45) is 0. The first-order chi connectivity index (χ1) is 5.97. The first kappa shape index (κ1) is 10.3. The van der Waals surface area contributed by atoms with E-state index >= 15 is 0 Å². The third kappa shape index (κ3) is 4.14. The highest BCUT2D eigenvalue weighted by Crippen LogP contribution is 2.10. The zero-order valence-corrected chi connectivity index (χ0v) is 8.92. The van der Waals surface area contributed by atoms with E-state index in [2.05, 4.69) is 52.9 Å². The van der Waals surface area contributed by atoms with E-state index in [-0.39, 0.29) is 5.60 Å². The van der Waals surface area contributed by atoms with E-state index in [1.807, 2.05) is 0 Å². The van der Waals surface area contributed by atoms with Gasteiger partial charge in [-0.3, -0.25) is 0 Å². The van der Waals surface area contributed by atoms with E-state index in [0.717, 1.165) is 0 Å². The van der Waals surface area contributed by atoms with Crippen LogP contribution in [0.1, 0.15) is 26.3 Å². The molecule has 1 rings (SSSR count). The average Bonchev–Trinajstić information content (AvgIpc) is 2.02. The molecule has 0 atom stereocenters. The maximum Gasteiger partial charge on any atom is 0.139 e. The molecule has 0 aliphatic rings. The molecule has 2 heteroatoms. The molecule has 0 radical (unpaired) electrons. The van der Waals surface area contributed by atoms with Crippen LogP contribution in [0.3, 0.4) is 0 Å². The molecule has 0 aliphatic heterocycles. The van der Waals surface area contributed by atoms with Crippen LogP contribution in [0, 0.1) is 0 Å². The summed E-state index contributed by atoms with van der Waals surface area (Å²) in [5.41, 5.74) is 2.48. The largest absolute Gasteiger partial charge is 0.371 e. The minimum Gasteiger partial charge on any atom is -0.371 e. The lowest BCUT2D eigenvalue weighted by Crippen LogP contribution is -2.18. The number of hydrogen-bond donors (Lipinski definition) is 0. The fraction of sp³-hybridized carbons (Fsp3) is 0.455. The first-order valence-corrected chi connectivity index (χ1v) is 4.67. The van der Waals surface area contributed by atoms with Crippen LogP contribution in [-0.4, -0.2) is 13.4 Å². The predicted octanol–water partition coefficient (Wildman–Crippen LogP) is 1.26. The van der Waals surface area contributed by atoms with Crippen LogP contribution in [0.5, 0.6) is 0 Å². The molecule has 0 saturated carbocycles. The number of benzene rings is 1. The molecule has 0 amide bonds. The molecule has 0 saturated heterocycles. The highest BCUT2D eigenvalue weighted by molar-refractivity contribution is 6.32. The van der Waals surface area contributed by atoms with Gasteiger partial charge in [0, 0.05) is 0 Å². The molecule has 1 aromatic carbocycles. The van der Waals surface area contributed by atoms with Gasteiger partial charge < -0.3 is 4.74 Å². The molecule has 1 aromatic rings. The van der Waals surface area contributed by atoms with Gasteiger partial charge in [0.25, 0.3) is 0 Å². The topological polar surface area (TPSA) is 9.23 Å². The maximum atomic E-state index is 5.66. The molecule has 0 spiro atoms. The lowest BCUT2D eigenvalue weighted by atomic mass is 9.95. The molecule has 0 aliphatic carbocycles. The second kappa shape index (κ2) is 3.97. The highest BCUT2D eigenvalue weighted by atomic mass is 16.5. The summed E-state index contributed by atoms with van der Waals surface area (Å²) >= 11 is 0. The Balaban J connectivity index is 2.51. The third-order valence-corrected chi connectivity index (χ3v) is 1.79. The van der Waals surface area contributed by atoms with Crippen LogP contribution in [0.25, 0.3) is 0 Å². The van der Waals surface area contributed by atoms with E-state index in [1.54, 1.807) is 0 Å². The smallest absolute Gasteiger partial charge is 0.139 e. The Morgan fingerprint density at radius 1 is 1.15 bits per heavy atom. The van der Waals surface area contributed by atoms with Crippen molar-refractivity contribution in [3.05, 3.63) is 29.8 Å². The number of hydrogen-bond acceptors (Lipinski definition) is 1. The lowest BCUT2D eigenvalue weighted by molar-refractivity contribution is -0.0149. The minimum absolute atomic E-state index is 0.0507. The van der Waals surface area contributed by atoms with E-state index in [4.69, 9.17) is 4.74 Å². The molecule has 0 aromatic heterocycles. The fourth-order valence-corrected chi connectivity index (χ4v) is 0.984. The summed E-state index contributed by atoms with van der Waals surface area (Å²) in [7, 11) is 2.09. The monoisotopic (exact) mass is 176 g/mol. The van der Waals surface area contributed by atoms with Crippen LogP contribution >= 0.6 is 0 Å². The van der Waals surface area contributed by atoms with Crippen molar-refractivity contribution in [3.8, 4) is 0 Å². The Bertz CT molecular complexity index is 258. The fourth-order valence-electron chi connectivity index (χ4n) is 0.984. The van der Waals surface area contributed by atoms with Crippen molar-refractivity contribution in [1.82, 2.24) is 0 Å². The van der Waals surface area contributed by atoms with Gasteiger partial charge in [-0.1, -0.05) is 29.7 Å². The Labute approximate surface area is 81.5 Å². The Morgan fingerprint density at radius 3 is 2.15 bits per heavy atom. The van der Waals surface area contributed by atoms with Gasteiger partial charge in [0.05, 0.1) is 12.2 Å². The zero-order chi connectivity index (χ0) is 9.90. The summed E-state index contributed by atoms with van der Waals surface area (Å²) < 4.78 is 5.66. The lowest BCUT2D eigenvalue weighted by Gasteiger charge is -2.19. The van der Waals surface area contributed by atoms with Crippen molar-refractivity contribution in [2.75, 3.05) is 0 Å². The Kier molecular flexibility index (Phi) is 3.15. The number of rotatable bonds is 2. The van der Waals surface area contributed by atoms with Crippen molar-refractivity contribution < 1.29 is 4.74 Å². The van der Waals surface area contributed by atoms with E-state index in [0.29, 0.717) is 6.61 Å². The summed E-state index contributed by atoms with van der Waals surface area (Å²) in [6, 6.07) is 8.45. The molecule has 0 heterocycles. The van der Waals surface area contributed by atoms with Crippen molar-refractivity contribution in [2.24, 2.45) is 0 Å². The van der Waals surface area contributed by atoms with Crippen LogP contribution in [0.4, 0.5) is 0 Å². The van der Waals surface area contributed by atoms with Crippen LogP contribution in [-0.2, 0) is 11.3 Å². The van der Waals surface area contributed by atoms with E-state index < -0.39 is 0 Å². The van der Waals surface area contributed by atoms with Crippen LogP contribution in [0.2, 0.25) is 0 Å². The molecule has 1 nitrogen and oxygen atoms in total. The molecule has 0 bridgehead atoms. The van der Waals surface area contributed by atoms with Crippen LogP contribution < -0.4 is 5.46 Å². The van der Waals surface area contributed by atoms with Gasteiger partial charge in [-0.25, -0.2) is 0 Å². The molecule has 13 heavy (non-hydrogen) atoms. The van der Waals surface area contributed by atoms with Gasteiger partial charge >= 0.3 is 0 Å². The van der Waals surface area contributed by atoms with Gasteiger partial charge in [-0.05, 0) is 26.3 Å². The summed E-state index contributed by atoms with van der Waals surface area (Å²) in [5, 5.41) is 0. The van der Waals surface area contributed by atoms with Gasteiger partial charge in [-0.15, -0.1) is 0 Å². The molecule has 0 fully saturated rings. The Morgan fingerprint density at radius 2 is 1.69 bits per heavy atom. The van der Waals surface area contributed by atoms with Crippen molar-refractivity contribution in [2.45, 2.75) is 33.0 Å². The summed E-state index contributed by atoms with van der Waals surface area (Å²) in [4.78, 5) is 0. The minimum atomic E-state index is -0.0507. The quantitative estimate of drug-likeness (QED) is 0.616. The average molecular weight is 176 g/mol. The Hall–Kier alpha value is -0.755. The second-order valence-corrected chi connectivity index (χ2v) is 4.39. The van der Waals surface area contributed by atoms with E-state index in [9.17, 15) is 0 Å². The van der Waals surface area contributed by atoms with Gasteiger partial charge in [-0.2, -0.15) is 0 Å². The molecule has 70 valence electrons. The standard InChI is InChI=1S/C11H17BO/c1-11(2,3)13-8-9-4-6-10(12)7-5-9/h4-7H,8,12H2,1-3H3. The molecular weight excluding hydrogens is 159 g/mol. The van der Waals surface area contributed by atoms with Crippen LogP contribution in [0.15, 0.2) is 24.3 Å². The third-order valence-electron chi connectivity index (χ3n) is 1.79. The van der Waals surface area contributed by atoms with Crippen molar-refractivity contribution in [3.63, 3.8) is 0 Å². The maximum absolute atomic E-state index is 5.66. The molecule has 0 unspecified atom stereocenters. The zero-order valence-electron chi connectivity index (χ0n) is 8.92. The first-order valence-electron chi connectivity index (χ1n) is 4.67. The predicted molar refractivity (Wildman–Crippen MR) is 59.2 cm³/mol. The number of ether oxygens (including phenoxy) is 1. The highest BCUT2D eigenvalue weighted by Gasteiger charge is 2.09. The van der Waals surface area contributed by atoms with Gasteiger partial charge in [0.1, 0.15) is 7.85 Å². The van der Waals surface area contributed by atoms with Gasteiger partial charge in [0.2, 0.25) is 0 Å². The second-order valence-electron chi connectivity index (χ2n) is 4.39. The normalized spacial score (nSPS) is 11.6. The molecular formula is C11H17BO. The van der Waals surface area contributed by atoms with E-state index in [1.165, 1.54) is 11.0 Å². The SMILES string of the molecule is Bc1ccc(COC(C)(C)C)cc1. The summed E-state index contributed by atoms with van der Waals surface area (Å²) in [5.74, 6) is 0.